The molecule has 1 aliphatic heterocycles. The number of benzene rings is 1. The maximum absolute atomic E-state index is 12.3. The molecular weight excluding hydrogens is 274 g/mol. The zero-order valence-corrected chi connectivity index (χ0v) is 12.7. The summed E-state index contributed by atoms with van der Waals surface area (Å²) in [6, 6.07) is 7.80. The highest BCUT2D eigenvalue weighted by Gasteiger charge is 2.26. The SMILES string of the molecule is CC(CCl)CCCNC(=O)C1CCOc2ccccc21. The first kappa shape index (κ1) is 15.2. The van der Waals surface area contributed by atoms with Gasteiger partial charge in [-0.3, -0.25) is 4.79 Å². The molecule has 2 rings (SSSR count). The predicted molar refractivity (Wildman–Crippen MR) is 81.4 cm³/mol. The maximum Gasteiger partial charge on any atom is 0.227 e. The molecule has 1 heterocycles. The number of hydrogen-bond acceptors (Lipinski definition) is 2. The standard InChI is InChI=1S/C16H22ClNO2/c1-12(11-17)5-4-9-18-16(19)14-8-10-20-15-7-3-2-6-13(14)15/h2-3,6-7,12,14H,4-5,8-11H2,1H3,(H,18,19). The molecule has 20 heavy (non-hydrogen) atoms. The van der Waals surface area contributed by atoms with Crippen LogP contribution in [0.25, 0.3) is 0 Å². The minimum atomic E-state index is -0.0783. The summed E-state index contributed by atoms with van der Waals surface area (Å²) in [5, 5.41) is 3.04. The van der Waals surface area contributed by atoms with Gasteiger partial charge in [-0.15, -0.1) is 11.6 Å². The van der Waals surface area contributed by atoms with Crippen LogP contribution in [0.2, 0.25) is 0 Å². The third-order valence-corrected chi connectivity index (χ3v) is 4.24. The second kappa shape index (κ2) is 7.53. The molecule has 2 atom stereocenters. The normalized spacial score (nSPS) is 18.8. The minimum absolute atomic E-state index is 0.0783. The number of amides is 1. The Morgan fingerprint density at radius 3 is 3.10 bits per heavy atom. The van der Waals surface area contributed by atoms with Crippen LogP contribution in [-0.2, 0) is 4.79 Å². The molecule has 0 bridgehead atoms. The van der Waals surface area contributed by atoms with Crippen LogP contribution in [0.3, 0.4) is 0 Å². The number of carbonyl (C=O) groups excluding carboxylic acids is 1. The highest BCUT2D eigenvalue weighted by atomic mass is 35.5. The third-order valence-electron chi connectivity index (χ3n) is 3.71. The van der Waals surface area contributed by atoms with Crippen molar-refractivity contribution >= 4 is 17.5 Å². The van der Waals surface area contributed by atoms with Crippen molar-refractivity contribution in [2.24, 2.45) is 5.92 Å². The first-order valence-electron chi connectivity index (χ1n) is 7.27. The molecule has 1 amide bonds. The Balaban J connectivity index is 1.85. The summed E-state index contributed by atoms with van der Waals surface area (Å²) in [4.78, 5) is 12.3. The summed E-state index contributed by atoms with van der Waals surface area (Å²) in [5.74, 6) is 2.07. The average Bonchev–Trinajstić information content (AvgIpc) is 2.50. The van der Waals surface area contributed by atoms with Crippen molar-refractivity contribution in [1.82, 2.24) is 5.32 Å². The predicted octanol–water partition coefficient (Wildman–Crippen LogP) is 3.32. The molecule has 0 radical (unpaired) electrons. The van der Waals surface area contributed by atoms with E-state index in [1.807, 2.05) is 24.3 Å². The van der Waals surface area contributed by atoms with E-state index in [0.29, 0.717) is 18.4 Å². The Labute approximate surface area is 125 Å². The lowest BCUT2D eigenvalue weighted by Gasteiger charge is -2.25. The Hall–Kier alpha value is -1.22. The van der Waals surface area contributed by atoms with E-state index in [1.165, 1.54) is 0 Å². The summed E-state index contributed by atoms with van der Waals surface area (Å²) in [7, 11) is 0. The van der Waals surface area contributed by atoms with E-state index in [2.05, 4.69) is 12.2 Å². The lowest BCUT2D eigenvalue weighted by atomic mass is 9.92. The van der Waals surface area contributed by atoms with Crippen LogP contribution in [-0.4, -0.2) is 24.9 Å². The number of para-hydroxylation sites is 1. The van der Waals surface area contributed by atoms with E-state index in [-0.39, 0.29) is 11.8 Å². The first-order valence-corrected chi connectivity index (χ1v) is 7.81. The number of carbonyl (C=O) groups is 1. The second-order valence-electron chi connectivity index (χ2n) is 5.42. The third kappa shape index (κ3) is 3.89. The Kier molecular flexibility index (Phi) is 5.72. The van der Waals surface area contributed by atoms with Crippen LogP contribution in [0.1, 0.15) is 37.7 Å². The molecule has 110 valence electrons. The molecule has 0 fully saturated rings. The van der Waals surface area contributed by atoms with Gasteiger partial charge in [-0.25, -0.2) is 0 Å². The smallest absolute Gasteiger partial charge is 0.227 e. The molecule has 3 nitrogen and oxygen atoms in total. The minimum Gasteiger partial charge on any atom is -0.493 e. The fourth-order valence-electron chi connectivity index (χ4n) is 2.48. The lowest BCUT2D eigenvalue weighted by Crippen LogP contribution is -2.33. The van der Waals surface area contributed by atoms with Crippen molar-refractivity contribution in [2.75, 3.05) is 19.0 Å². The number of fused-ring (bicyclic) bond motifs is 1. The molecule has 4 heteroatoms. The van der Waals surface area contributed by atoms with Crippen molar-refractivity contribution in [1.29, 1.82) is 0 Å². The largest absolute Gasteiger partial charge is 0.493 e. The van der Waals surface area contributed by atoms with Gasteiger partial charge in [-0.05, 0) is 31.2 Å². The Bertz CT molecular complexity index is 450. The molecule has 2 unspecified atom stereocenters. The maximum atomic E-state index is 12.3. The van der Waals surface area contributed by atoms with Crippen molar-refractivity contribution in [3.63, 3.8) is 0 Å². The quantitative estimate of drug-likeness (QED) is 0.646. The van der Waals surface area contributed by atoms with Gasteiger partial charge in [0, 0.05) is 18.0 Å². The molecule has 0 aliphatic carbocycles. The summed E-state index contributed by atoms with van der Waals surface area (Å²) >= 11 is 5.77. The zero-order valence-electron chi connectivity index (χ0n) is 11.9. The number of nitrogens with one attached hydrogen (secondary N) is 1. The van der Waals surface area contributed by atoms with Gasteiger partial charge in [0.15, 0.2) is 0 Å². The van der Waals surface area contributed by atoms with Gasteiger partial charge in [0.25, 0.3) is 0 Å². The van der Waals surface area contributed by atoms with Crippen LogP contribution in [0.5, 0.6) is 5.75 Å². The highest BCUT2D eigenvalue weighted by Crippen LogP contribution is 2.33. The van der Waals surface area contributed by atoms with Gasteiger partial charge in [-0.2, -0.15) is 0 Å². The Morgan fingerprint density at radius 1 is 1.50 bits per heavy atom. The van der Waals surface area contributed by atoms with E-state index in [9.17, 15) is 4.79 Å². The van der Waals surface area contributed by atoms with Crippen LogP contribution >= 0.6 is 11.6 Å². The topological polar surface area (TPSA) is 38.3 Å². The first-order chi connectivity index (χ1) is 9.72. The summed E-state index contributed by atoms with van der Waals surface area (Å²) < 4.78 is 5.58. The monoisotopic (exact) mass is 295 g/mol. The molecule has 1 aromatic rings. The van der Waals surface area contributed by atoms with Crippen LogP contribution in [0.15, 0.2) is 24.3 Å². The fraction of sp³-hybridized carbons (Fsp3) is 0.562. The van der Waals surface area contributed by atoms with E-state index < -0.39 is 0 Å². The highest BCUT2D eigenvalue weighted by molar-refractivity contribution is 6.18. The van der Waals surface area contributed by atoms with Gasteiger partial charge in [-0.1, -0.05) is 25.1 Å². The number of alkyl halides is 1. The van der Waals surface area contributed by atoms with Crippen LogP contribution < -0.4 is 10.1 Å². The number of ether oxygens (including phenoxy) is 1. The van der Waals surface area contributed by atoms with Gasteiger partial charge in [0.1, 0.15) is 5.75 Å². The summed E-state index contributed by atoms with van der Waals surface area (Å²) in [6.45, 7) is 3.46. The van der Waals surface area contributed by atoms with Gasteiger partial charge < -0.3 is 10.1 Å². The fourth-order valence-corrected chi connectivity index (χ4v) is 2.63. The molecule has 1 N–H and O–H groups in total. The van der Waals surface area contributed by atoms with Gasteiger partial charge in [0.2, 0.25) is 5.91 Å². The number of rotatable bonds is 6. The van der Waals surface area contributed by atoms with E-state index >= 15 is 0 Å². The van der Waals surface area contributed by atoms with E-state index in [1.54, 1.807) is 0 Å². The van der Waals surface area contributed by atoms with Gasteiger partial charge >= 0.3 is 0 Å². The molecule has 0 saturated carbocycles. The van der Waals surface area contributed by atoms with Crippen LogP contribution in [0, 0.1) is 5.92 Å². The Morgan fingerprint density at radius 2 is 2.30 bits per heavy atom. The lowest BCUT2D eigenvalue weighted by molar-refractivity contribution is -0.123. The summed E-state index contributed by atoms with van der Waals surface area (Å²) in [5.41, 5.74) is 1.00. The molecular formula is C16H22ClNO2. The molecule has 0 aromatic heterocycles. The average molecular weight is 296 g/mol. The van der Waals surface area contributed by atoms with Crippen molar-refractivity contribution in [3.8, 4) is 5.75 Å². The van der Waals surface area contributed by atoms with E-state index in [0.717, 1.165) is 37.1 Å². The number of halogens is 1. The summed E-state index contributed by atoms with van der Waals surface area (Å²) in [6.07, 6.45) is 2.78. The van der Waals surface area contributed by atoms with Crippen LogP contribution in [0.4, 0.5) is 0 Å². The van der Waals surface area contributed by atoms with E-state index in [4.69, 9.17) is 16.3 Å². The van der Waals surface area contributed by atoms with Gasteiger partial charge in [0.05, 0.1) is 12.5 Å². The molecule has 1 aromatic carbocycles. The second-order valence-corrected chi connectivity index (χ2v) is 5.73. The molecule has 0 spiro atoms. The van der Waals surface area contributed by atoms with Crippen molar-refractivity contribution in [2.45, 2.75) is 32.1 Å². The molecule has 1 aliphatic rings. The molecule has 0 saturated heterocycles. The zero-order chi connectivity index (χ0) is 14.4. The van der Waals surface area contributed by atoms with Crippen molar-refractivity contribution in [3.05, 3.63) is 29.8 Å². The van der Waals surface area contributed by atoms with Crippen molar-refractivity contribution < 1.29 is 9.53 Å². The number of hydrogen-bond donors (Lipinski definition) is 1.